The van der Waals surface area contributed by atoms with Crippen molar-refractivity contribution in [1.82, 2.24) is 15.1 Å². The highest BCUT2D eigenvalue weighted by Gasteiger charge is 2.11. The third-order valence-electron chi connectivity index (χ3n) is 3.05. The summed E-state index contributed by atoms with van der Waals surface area (Å²) in [6.45, 7) is 2.02. The number of hydrogen-bond acceptors (Lipinski definition) is 5. The van der Waals surface area contributed by atoms with E-state index in [4.69, 9.17) is 4.52 Å². The van der Waals surface area contributed by atoms with Crippen LogP contribution >= 0.6 is 0 Å². The van der Waals surface area contributed by atoms with Gasteiger partial charge in [0.15, 0.2) is 5.76 Å². The molecule has 0 aliphatic heterocycles. The number of carbonyl (C=O) groups excluding carboxylic acids is 1. The lowest BCUT2D eigenvalue weighted by atomic mass is 10.1. The van der Waals surface area contributed by atoms with Gasteiger partial charge in [-0.25, -0.2) is 9.97 Å². The Balaban J connectivity index is 1.66. The van der Waals surface area contributed by atoms with Gasteiger partial charge >= 0.3 is 0 Å². The molecule has 22 heavy (non-hydrogen) atoms. The summed E-state index contributed by atoms with van der Waals surface area (Å²) in [5, 5.41) is 6.52. The third kappa shape index (κ3) is 3.35. The van der Waals surface area contributed by atoms with Crippen molar-refractivity contribution in [2.75, 3.05) is 5.32 Å². The second kappa shape index (κ2) is 6.17. The zero-order valence-corrected chi connectivity index (χ0v) is 12.0. The van der Waals surface area contributed by atoms with Crippen LogP contribution in [0.15, 0.2) is 53.3 Å². The first-order valence-electron chi connectivity index (χ1n) is 6.80. The first-order chi connectivity index (χ1) is 10.7. The summed E-state index contributed by atoms with van der Waals surface area (Å²) < 4.78 is 5.28. The average molecular weight is 294 g/mol. The lowest BCUT2D eigenvalue weighted by Gasteiger charge is -2.00. The number of benzene rings is 1. The van der Waals surface area contributed by atoms with Crippen LogP contribution in [0.1, 0.15) is 11.3 Å². The largest absolute Gasteiger partial charge is 0.356 e. The predicted octanol–water partition coefficient (Wildman–Crippen LogP) is 2.62. The van der Waals surface area contributed by atoms with Crippen LogP contribution in [0.5, 0.6) is 0 Å². The van der Waals surface area contributed by atoms with Crippen molar-refractivity contribution in [3.05, 3.63) is 60.0 Å². The zero-order chi connectivity index (χ0) is 15.4. The summed E-state index contributed by atoms with van der Waals surface area (Å²) in [7, 11) is 0. The van der Waals surface area contributed by atoms with Crippen molar-refractivity contribution >= 4 is 11.9 Å². The number of nitrogens with one attached hydrogen (secondary N) is 1. The van der Waals surface area contributed by atoms with Gasteiger partial charge in [0.25, 0.3) is 0 Å². The Morgan fingerprint density at radius 2 is 1.91 bits per heavy atom. The SMILES string of the molecule is Cc1ccc(-c2cc(CC(=O)Nc3ncccn3)no2)cc1. The fourth-order valence-corrected chi connectivity index (χ4v) is 1.95. The van der Waals surface area contributed by atoms with Crippen LogP contribution in [-0.4, -0.2) is 21.0 Å². The van der Waals surface area contributed by atoms with Gasteiger partial charge in [-0.1, -0.05) is 35.0 Å². The molecule has 1 amide bonds. The maximum Gasteiger partial charge on any atom is 0.232 e. The van der Waals surface area contributed by atoms with Crippen LogP contribution < -0.4 is 5.32 Å². The molecule has 3 aromatic rings. The van der Waals surface area contributed by atoms with Crippen molar-refractivity contribution < 1.29 is 9.32 Å². The van der Waals surface area contributed by atoms with E-state index < -0.39 is 0 Å². The Morgan fingerprint density at radius 1 is 1.18 bits per heavy atom. The molecule has 0 atom stereocenters. The van der Waals surface area contributed by atoms with E-state index in [-0.39, 0.29) is 18.3 Å². The van der Waals surface area contributed by atoms with Gasteiger partial charge in [-0.15, -0.1) is 0 Å². The van der Waals surface area contributed by atoms with Crippen LogP contribution in [0, 0.1) is 6.92 Å². The van der Waals surface area contributed by atoms with Gasteiger partial charge in [0.1, 0.15) is 0 Å². The highest BCUT2D eigenvalue weighted by molar-refractivity contribution is 5.90. The van der Waals surface area contributed by atoms with Crippen LogP contribution in [-0.2, 0) is 11.2 Å². The molecular formula is C16H14N4O2. The molecule has 0 aliphatic carbocycles. The summed E-state index contributed by atoms with van der Waals surface area (Å²) in [5.41, 5.74) is 2.66. The topological polar surface area (TPSA) is 80.9 Å². The second-order valence-electron chi connectivity index (χ2n) is 4.85. The van der Waals surface area contributed by atoms with Crippen molar-refractivity contribution in [1.29, 1.82) is 0 Å². The van der Waals surface area contributed by atoms with Crippen LogP contribution in [0.3, 0.4) is 0 Å². The number of aromatic nitrogens is 3. The van der Waals surface area contributed by atoms with Crippen LogP contribution in [0.4, 0.5) is 5.95 Å². The highest BCUT2D eigenvalue weighted by Crippen LogP contribution is 2.21. The van der Waals surface area contributed by atoms with E-state index in [9.17, 15) is 4.79 Å². The molecule has 0 saturated heterocycles. The number of nitrogens with zero attached hydrogens (tertiary/aromatic N) is 3. The molecule has 0 radical (unpaired) electrons. The van der Waals surface area contributed by atoms with E-state index in [0.717, 1.165) is 5.56 Å². The number of aryl methyl sites for hydroxylation is 1. The number of amides is 1. The van der Waals surface area contributed by atoms with Gasteiger partial charge in [-0.05, 0) is 13.0 Å². The molecular weight excluding hydrogens is 280 g/mol. The maximum atomic E-state index is 11.9. The fraction of sp³-hybridized carbons (Fsp3) is 0.125. The molecule has 6 nitrogen and oxygen atoms in total. The quantitative estimate of drug-likeness (QED) is 0.800. The summed E-state index contributed by atoms with van der Waals surface area (Å²) in [4.78, 5) is 19.8. The Bertz CT molecular complexity index is 766. The third-order valence-corrected chi connectivity index (χ3v) is 3.05. The van der Waals surface area contributed by atoms with E-state index in [1.165, 1.54) is 5.56 Å². The first-order valence-corrected chi connectivity index (χ1v) is 6.80. The maximum absolute atomic E-state index is 11.9. The molecule has 6 heteroatoms. The van der Waals surface area contributed by atoms with Crippen molar-refractivity contribution in [3.8, 4) is 11.3 Å². The molecule has 110 valence electrons. The van der Waals surface area contributed by atoms with E-state index in [0.29, 0.717) is 11.5 Å². The van der Waals surface area contributed by atoms with Crippen molar-refractivity contribution in [2.45, 2.75) is 13.3 Å². The summed E-state index contributed by atoms with van der Waals surface area (Å²) in [6, 6.07) is 11.3. The molecule has 1 N–H and O–H groups in total. The standard InChI is InChI=1S/C16H14N4O2/c1-11-3-5-12(6-4-11)14-9-13(20-22-14)10-15(21)19-16-17-7-2-8-18-16/h2-9H,10H2,1H3,(H,17,18,19,21). The molecule has 0 spiro atoms. The first kappa shape index (κ1) is 13.9. The average Bonchev–Trinajstić information content (AvgIpc) is 2.97. The van der Waals surface area contributed by atoms with Crippen LogP contribution in [0.25, 0.3) is 11.3 Å². The monoisotopic (exact) mass is 294 g/mol. The van der Waals surface area contributed by atoms with E-state index in [1.807, 2.05) is 31.2 Å². The van der Waals surface area contributed by atoms with Crippen molar-refractivity contribution in [3.63, 3.8) is 0 Å². The lowest BCUT2D eigenvalue weighted by molar-refractivity contribution is -0.115. The lowest BCUT2D eigenvalue weighted by Crippen LogP contribution is -2.16. The minimum absolute atomic E-state index is 0.105. The summed E-state index contributed by atoms with van der Waals surface area (Å²) >= 11 is 0. The molecule has 1 aromatic carbocycles. The molecule has 2 heterocycles. The molecule has 2 aromatic heterocycles. The van der Waals surface area contributed by atoms with Gasteiger partial charge in [0, 0.05) is 24.0 Å². The van der Waals surface area contributed by atoms with E-state index in [2.05, 4.69) is 20.4 Å². The van der Waals surface area contributed by atoms with Gasteiger partial charge < -0.3 is 4.52 Å². The van der Waals surface area contributed by atoms with Gasteiger partial charge in [0.05, 0.1) is 12.1 Å². The predicted molar refractivity (Wildman–Crippen MR) is 81.0 cm³/mol. The second-order valence-corrected chi connectivity index (χ2v) is 4.85. The molecule has 0 bridgehead atoms. The molecule has 0 fully saturated rings. The minimum atomic E-state index is -0.241. The van der Waals surface area contributed by atoms with Crippen molar-refractivity contribution in [2.24, 2.45) is 0 Å². The number of carbonyl (C=O) groups is 1. The Labute approximate surface area is 127 Å². The van der Waals surface area contributed by atoms with Gasteiger partial charge in [-0.2, -0.15) is 0 Å². The smallest absolute Gasteiger partial charge is 0.232 e. The molecule has 0 aliphatic rings. The Kier molecular flexibility index (Phi) is 3.91. The Hall–Kier alpha value is -3.02. The molecule has 0 saturated carbocycles. The molecule has 3 rings (SSSR count). The highest BCUT2D eigenvalue weighted by atomic mass is 16.5. The minimum Gasteiger partial charge on any atom is -0.356 e. The summed E-state index contributed by atoms with van der Waals surface area (Å²) in [6.07, 6.45) is 3.23. The number of hydrogen-bond donors (Lipinski definition) is 1. The fourth-order valence-electron chi connectivity index (χ4n) is 1.95. The number of rotatable bonds is 4. The van der Waals surface area contributed by atoms with E-state index in [1.54, 1.807) is 24.5 Å². The normalized spacial score (nSPS) is 10.4. The van der Waals surface area contributed by atoms with Gasteiger partial charge in [0.2, 0.25) is 11.9 Å². The van der Waals surface area contributed by atoms with Gasteiger partial charge in [-0.3, -0.25) is 10.1 Å². The zero-order valence-electron chi connectivity index (χ0n) is 12.0. The van der Waals surface area contributed by atoms with Crippen LogP contribution in [0.2, 0.25) is 0 Å². The molecule has 0 unspecified atom stereocenters. The van der Waals surface area contributed by atoms with E-state index >= 15 is 0 Å². The number of anilines is 1. The summed E-state index contributed by atoms with van der Waals surface area (Å²) in [5.74, 6) is 0.670. The Morgan fingerprint density at radius 3 is 2.64 bits per heavy atom.